The number of nitrogens with one attached hydrogen (secondary N) is 1. The van der Waals surface area contributed by atoms with E-state index in [4.69, 9.17) is 27.9 Å². The number of hydrogen-bond acceptors (Lipinski definition) is 3. The molecule has 1 aliphatic rings. The quantitative estimate of drug-likeness (QED) is 0.812. The average Bonchev–Trinajstić information content (AvgIpc) is 2.50. The van der Waals surface area contributed by atoms with Crippen LogP contribution in [0.25, 0.3) is 0 Å². The topological polar surface area (TPSA) is 41.6 Å². The van der Waals surface area contributed by atoms with E-state index in [1.807, 2.05) is 24.1 Å². The molecule has 1 unspecified atom stereocenters. The predicted molar refractivity (Wildman–Crippen MR) is 92.1 cm³/mol. The summed E-state index contributed by atoms with van der Waals surface area (Å²) in [6, 6.07) is 5.47. The van der Waals surface area contributed by atoms with Crippen LogP contribution in [0.4, 0.5) is 0 Å². The standard InChI is InChI=1S/C15H20Cl2N2O2.ClH/c1-18-6-2-3-15(20)19-7-8-21-14(10-19)11-4-5-12(16)13(17)9-11;/h4-5,9,14,18H,2-3,6-8,10H2,1H3;1H. The number of nitrogens with zero attached hydrogens (tertiary/aromatic N) is 1. The van der Waals surface area contributed by atoms with E-state index in [-0.39, 0.29) is 24.4 Å². The fourth-order valence-electron chi connectivity index (χ4n) is 2.36. The second-order valence-corrected chi connectivity index (χ2v) is 5.89. The van der Waals surface area contributed by atoms with Crippen LogP contribution in [0, 0.1) is 0 Å². The Morgan fingerprint density at radius 1 is 1.41 bits per heavy atom. The molecule has 7 heteroatoms. The molecule has 0 spiro atoms. The van der Waals surface area contributed by atoms with Gasteiger partial charge in [0.1, 0.15) is 6.10 Å². The Bertz CT molecular complexity index is 500. The summed E-state index contributed by atoms with van der Waals surface area (Å²) in [4.78, 5) is 14.0. The molecule has 0 radical (unpaired) electrons. The number of ether oxygens (including phenoxy) is 1. The van der Waals surface area contributed by atoms with Gasteiger partial charge in [-0.1, -0.05) is 29.3 Å². The zero-order valence-electron chi connectivity index (χ0n) is 12.5. The average molecular weight is 368 g/mol. The van der Waals surface area contributed by atoms with Gasteiger partial charge in [0.2, 0.25) is 5.91 Å². The fraction of sp³-hybridized carbons (Fsp3) is 0.533. The van der Waals surface area contributed by atoms with Gasteiger partial charge in [0, 0.05) is 13.0 Å². The Kier molecular flexibility index (Phi) is 8.50. The molecule has 0 saturated carbocycles. The molecule has 1 fully saturated rings. The largest absolute Gasteiger partial charge is 0.370 e. The SMILES string of the molecule is CNCCCC(=O)N1CCOC(c2ccc(Cl)c(Cl)c2)C1.Cl. The molecular formula is C15H21Cl3N2O2. The highest BCUT2D eigenvalue weighted by molar-refractivity contribution is 6.42. The van der Waals surface area contributed by atoms with E-state index in [1.165, 1.54) is 0 Å². The van der Waals surface area contributed by atoms with Gasteiger partial charge in [0.25, 0.3) is 0 Å². The van der Waals surface area contributed by atoms with E-state index in [2.05, 4.69) is 5.32 Å². The van der Waals surface area contributed by atoms with E-state index in [9.17, 15) is 4.79 Å². The molecule has 1 saturated heterocycles. The van der Waals surface area contributed by atoms with Crippen LogP contribution in [0.1, 0.15) is 24.5 Å². The Balaban J connectivity index is 0.00000242. The van der Waals surface area contributed by atoms with Gasteiger partial charge >= 0.3 is 0 Å². The molecule has 1 heterocycles. The maximum absolute atomic E-state index is 12.2. The van der Waals surface area contributed by atoms with E-state index >= 15 is 0 Å². The molecule has 22 heavy (non-hydrogen) atoms. The Labute approximate surface area is 147 Å². The summed E-state index contributed by atoms with van der Waals surface area (Å²) in [6.07, 6.45) is 1.28. The first-order valence-corrected chi connectivity index (χ1v) is 7.86. The minimum Gasteiger partial charge on any atom is -0.370 e. The normalized spacial score (nSPS) is 18.0. The van der Waals surface area contributed by atoms with Gasteiger partial charge in [-0.3, -0.25) is 4.79 Å². The van der Waals surface area contributed by atoms with Crippen molar-refractivity contribution in [1.82, 2.24) is 10.2 Å². The summed E-state index contributed by atoms with van der Waals surface area (Å²) in [5.74, 6) is 0.179. The van der Waals surface area contributed by atoms with Crippen molar-refractivity contribution >= 4 is 41.5 Å². The summed E-state index contributed by atoms with van der Waals surface area (Å²) in [5.41, 5.74) is 0.956. The highest BCUT2D eigenvalue weighted by atomic mass is 35.5. The Morgan fingerprint density at radius 2 is 2.18 bits per heavy atom. The number of benzene rings is 1. The van der Waals surface area contributed by atoms with Crippen LogP contribution in [-0.2, 0) is 9.53 Å². The van der Waals surface area contributed by atoms with Crippen LogP contribution in [0.5, 0.6) is 0 Å². The Morgan fingerprint density at radius 3 is 2.86 bits per heavy atom. The van der Waals surface area contributed by atoms with Gasteiger partial charge in [-0.05, 0) is 37.7 Å². The molecule has 0 aromatic heterocycles. The van der Waals surface area contributed by atoms with Crippen LogP contribution in [0.2, 0.25) is 10.0 Å². The number of rotatable bonds is 5. The van der Waals surface area contributed by atoms with E-state index in [0.717, 1.165) is 18.5 Å². The highest BCUT2D eigenvalue weighted by Gasteiger charge is 2.25. The highest BCUT2D eigenvalue weighted by Crippen LogP contribution is 2.29. The summed E-state index contributed by atoms with van der Waals surface area (Å²) in [6.45, 7) is 2.61. The van der Waals surface area contributed by atoms with Crippen LogP contribution in [0.15, 0.2) is 18.2 Å². The molecule has 4 nitrogen and oxygen atoms in total. The van der Waals surface area contributed by atoms with Gasteiger partial charge in [-0.15, -0.1) is 12.4 Å². The molecule has 1 atom stereocenters. The number of halogens is 3. The maximum atomic E-state index is 12.2. The van der Waals surface area contributed by atoms with Crippen molar-refractivity contribution in [1.29, 1.82) is 0 Å². The van der Waals surface area contributed by atoms with Crippen LogP contribution in [0.3, 0.4) is 0 Å². The number of carbonyl (C=O) groups is 1. The summed E-state index contributed by atoms with van der Waals surface area (Å²) in [5, 5.41) is 4.08. The molecule has 124 valence electrons. The second kappa shape index (κ2) is 9.58. The lowest BCUT2D eigenvalue weighted by Gasteiger charge is -2.33. The molecule has 0 aliphatic carbocycles. The Hall–Kier alpha value is -0.520. The molecule has 1 amide bonds. The van der Waals surface area contributed by atoms with Gasteiger partial charge < -0.3 is 15.0 Å². The van der Waals surface area contributed by atoms with Crippen molar-refractivity contribution < 1.29 is 9.53 Å². The van der Waals surface area contributed by atoms with E-state index in [1.54, 1.807) is 6.07 Å². The lowest BCUT2D eigenvalue weighted by Crippen LogP contribution is -2.42. The minimum absolute atomic E-state index is 0. The van der Waals surface area contributed by atoms with Crippen molar-refractivity contribution in [3.8, 4) is 0 Å². The number of hydrogen-bond donors (Lipinski definition) is 1. The van der Waals surface area contributed by atoms with Crippen LogP contribution >= 0.6 is 35.6 Å². The summed E-state index contributed by atoms with van der Waals surface area (Å²) in [7, 11) is 1.89. The van der Waals surface area contributed by atoms with Crippen molar-refractivity contribution in [3.63, 3.8) is 0 Å². The third-order valence-corrected chi connectivity index (χ3v) is 4.29. The summed E-state index contributed by atoms with van der Waals surface area (Å²) >= 11 is 12.0. The molecule has 0 bridgehead atoms. The van der Waals surface area contributed by atoms with E-state index in [0.29, 0.717) is 36.2 Å². The monoisotopic (exact) mass is 366 g/mol. The first kappa shape index (κ1) is 19.5. The fourth-order valence-corrected chi connectivity index (χ4v) is 2.67. The van der Waals surface area contributed by atoms with Crippen molar-refractivity contribution in [2.24, 2.45) is 0 Å². The van der Waals surface area contributed by atoms with Crippen LogP contribution in [-0.4, -0.2) is 44.1 Å². The first-order chi connectivity index (χ1) is 10.1. The van der Waals surface area contributed by atoms with Gasteiger partial charge in [-0.25, -0.2) is 0 Å². The third-order valence-electron chi connectivity index (χ3n) is 3.55. The zero-order valence-corrected chi connectivity index (χ0v) is 14.8. The van der Waals surface area contributed by atoms with Gasteiger partial charge in [0.05, 0.1) is 23.2 Å². The van der Waals surface area contributed by atoms with Crippen molar-refractivity contribution in [2.45, 2.75) is 18.9 Å². The molecule has 1 aromatic rings. The molecule has 1 aromatic carbocycles. The number of amides is 1. The molecule has 1 aliphatic heterocycles. The first-order valence-electron chi connectivity index (χ1n) is 7.10. The number of morpholine rings is 1. The predicted octanol–water partition coefficient (Wildman–Crippen LogP) is 3.31. The molecular weight excluding hydrogens is 347 g/mol. The smallest absolute Gasteiger partial charge is 0.222 e. The maximum Gasteiger partial charge on any atom is 0.222 e. The zero-order chi connectivity index (χ0) is 15.2. The van der Waals surface area contributed by atoms with Gasteiger partial charge in [-0.2, -0.15) is 0 Å². The van der Waals surface area contributed by atoms with Crippen LogP contribution < -0.4 is 5.32 Å². The third kappa shape index (κ3) is 5.28. The lowest BCUT2D eigenvalue weighted by molar-refractivity contribution is -0.139. The molecule has 1 N–H and O–H groups in total. The lowest BCUT2D eigenvalue weighted by atomic mass is 10.1. The summed E-state index contributed by atoms with van der Waals surface area (Å²) < 4.78 is 5.76. The number of carbonyl (C=O) groups excluding carboxylic acids is 1. The minimum atomic E-state index is -0.137. The van der Waals surface area contributed by atoms with E-state index < -0.39 is 0 Å². The van der Waals surface area contributed by atoms with Crippen molar-refractivity contribution in [2.75, 3.05) is 33.3 Å². The van der Waals surface area contributed by atoms with Gasteiger partial charge in [0.15, 0.2) is 0 Å². The van der Waals surface area contributed by atoms with Crippen molar-refractivity contribution in [3.05, 3.63) is 33.8 Å². The second-order valence-electron chi connectivity index (χ2n) is 5.08. The molecule has 2 rings (SSSR count).